The number of alkyl halides is 3. The van der Waals surface area contributed by atoms with Crippen molar-refractivity contribution >= 4 is 23.6 Å². The van der Waals surface area contributed by atoms with Gasteiger partial charge < -0.3 is 4.57 Å². The minimum absolute atomic E-state index is 0.177. The number of Topliss-reactive ketones (excluding diaryl/α,β-unsaturated/α-hetero) is 1. The molecule has 1 aromatic rings. The minimum atomic E-state index is -4.38. The number of allylic oxidation sites excluding steroid dienone is 1. The number of aromatic nitrogens is 2. The number of hydrogen-bond donors (Lipinski definition) is 0. The van der Waals surface area contributed by atoms with Crippen molar-refractivity contribution in [2.75, 3.05) is 5.75 Å². The second-order valence-electron chi connectivity index (χ2n) is 4.35. The number of hydrogen-bond acceptors (Lipinski definition) is 3. The fraction of sp³-hybridized carbons (Fsp3) is 0.538. The molecule has 0 spiro atoms. The van der Waals surface area contributed by atoms with Crippen LogP contribution in [0, 0.1) is 0 Å². The van der Waals surface area contributed by atoms with Crippen molar-refractivity contribution in [1.82, 2.24) is 9.55 Å². The summed E-state index contributed by atoms with van der Waals surface area (Å²) in [7, 11) is 1.54. The molecule has 0 radical (unpaired) electrons. The van der Waals surface area contributed by atoms with Crippen LogP contribution in [-0.4, -0.2) is 32.5 Å². The van der Waals surface area contributed by atoms with E-state index >= 15 is 0 Å². The molecule has 0 amide bonds. The molecule has 0 saturated heterocycles. The lowest BCUT2D eigenvalue weighted by atomic mass is 10.2. The molecule has 0 aliphatic heterocycles. The van der Waals surface area contributed by atoms with E-state index in [2.05, 4.69) is 4.98 Å². The lowest BCUT2D eigenvalue weighted by Crippen LogP contribution is -2.18. The summed E-state index contributed by atoms with van der Waals surface area (Å²) in [6, 6.07) is 0. The van der Waals surface area contributed by atoms with E-state index in [-0.39, 0.29) is 22.6 Å². The average molecular weight is 306 g/mol. The van der Waals surface area contributed by atoms with E-state index in [1.54, 1.807) is 14.0 Å². The Kier molecular flexibility index (Phi) is 5.44. The topological polar surface area (TPSA) is 34.9 Å². The number of rotatable bonds is 5. The summed E-state index contributed by atoms with van der Waals surface area (Å²) in [5.74, 6) is 0.792. The Balaban J connectivity index is 3.04. The highest BCUT2D eigenvalue weighted by molar-refractivity contribution is 8.00. The van der Waals surface area contributed by atoms with Gasteiger partial charge in [0, 0.05) is 12.6 Å². The monoisotopic (exact) mass is 306 g/mol. The number of carbonyl (C=O) groups is 1. The number of halogens is 3. The molecule has 0 fully saturated rings. The maximum absolute atomic E-state index is 12.5. The molecule has 3 nitrogen and oxygen atoms in total. The van der Waals surface area contributed by atoms with Gasteiger partial charge in [-0.3, -0.25) is 4.79 Å². The van der Waals surface area contributed by atoms with Gasteiger partial charge in [0.25, 0.3) is 0 Å². The molecule has 0 bridgehead atoms. The zero-order valence-corrected chi connectivity index (χ0v) is 12.6. The molecule has 0 aromatic carbocycles. The zero-order chi connectivity index (χ0) is 15.5. The highest BCUT2D eigenvalue weighted by atomic mass is 32.2. The molecule has 0 aliphatic carbocycles. The quantitative estimate of drug-likeness (QED) is 0.778. The molecule has 1 heterocycles. The highest BCUT2D eigenvalue weighted by Gasteiger charge is 2.30. The van der Waals surface area contributed by atoms with Crippen molar-refractivity contribution in [3.05, 3.63) is 23.3 Å². The zero-order valence-electron chi connectivity index (χ0n) is 11.8. The van der Waals surface area contributed by atoms with Crippen molar-refractivity contribution in [3.8, 4) is 0 Å². The molecule has 7 heteroatoms. The van der Waals surface area contributed by atoms with Crippen LogP contribution in [0.15, 0.2) is 11.8 Å². The number of nitrogens with zero attached hydrogens (tertiary/aromatic N) is 2. The molecule has 1 unspecified atom stereocenters. The van der Waals surface area contributed by atoms with Crippen LogP contribution in [0.1, 0.15) is 37.1 Å². The number of thioether (sulfide) groups is 1. The summed E-state index contributed by atoms with van der Waals surface area (Å²) in [5, 5.41) is -0.262. The molecule has 20 heavy (non-hydrogen) atoms. The Morgan fingerprint density at radius 2 is 2.15 bits per heavy atom. The van der Waals surface area contributed by atoms with Crippen LogP contribution in [0.2, 0.25) is 0 Å². The van der Waals surface area contributed by atoms with Crippen LogP contribution in [0.3, 0.4) is 0 Å². The summed E-state index contributed by atoms with van der Waals surface area (Å²) in [4.78, 5) is 16.0. The van der Waals surface area contributed by atoms with Crippen LogP contribution >= 0.6 is 11.8 Å². The Hall–Kier alpha value is -1.24. The molecular weight excluding hydrogens is 289 g/mol. The van der Waals surface area contributed by atoms with E-state index in [4.69, 9.17) is 0 Å². The van der Waals surface area contributed by atoms with Crippen LogP contribution in [0.4, 0.5) is 13.2 Å². The molecule has 1 atom stereocenters. The Labute approximate surface area is 120 Å². The van der Waals surface area contributed by atoms with E-state index in [9.17, 15) is 18.0 Å². The summed E-state index contributed by atoms with van der Waals surface area (Å²) < 4.78 is 38.9. The van der Waals surface area contributed by atoms with Crippen LogP contribution in [0.5, 0.6) is 0 Å². The van der Waals surface area contributed by atoms with Gasteiger partial charge in [-0.2, -0.15) is 24.9 Å². The minimum Gasteiger partial charge on any atom is -0.325 e. The smallest absolute Gasteiger partial charge is 0.325 e. The van der Waals surface area contributed by atoms with Gasteiger partial charge in [-0.1, -0.05) is 6.92 Å². The van der Waals surface area contributed by atoms with Crippen molar-refractivity contribution < 1.29 is 18.0 Å². The molecular formula is C13H17F3N2OS. The van der Waals surface area contributed by atoms with Gasteiger partial charge in [-0.25, -0.2) is 4.98 Å². The van der Waals surface area contributed by atoms with Gasteiger partial charge in [-0.05, 0) is 25.7 Å². The summed E-state index contributed by atoms with van der Waals surface area (Å²) in [6.45, 7) is 4.69. The maximum atomic E-state index is 12.5. The normalized spacial score (nSPS) is 14.4. The van der Waals surface area contributed by atoms with E-state index in [0.717, 1.165) is 18.8 Å². The molecule has 1 rings (SSSR count). The molecule has 0 saturated carbocycles. The SMILES string of the molecule is CCSC(C)C(=O)c1ncc(/C=C(\C)C(F)(F)F)n1C. The van der Waals surface area contributed by atoms with Crippen molar-refractivity contribution in [2.45, 2.75) is 32.2 Å². The third kappa shape index (κ3) is 3.88. The lowest BCUT2D eigenvalue weighted by Gasteiger charge is -2.10. The largest absolute Gasteiger partial charge is 0.412 e. The van der Waals surface area contributed by atoms with E-state index in [0.29, 0.717) is 0 Å². The van der Waals surface area contributed by atoms with Gasteiger partial charge >= 0.3 is 6.18 Å². The van der Waals surface area contributed by atoms with Gasteiger partial charge in [0.2, 0.25) is 5.78 Å². The van der Waals surface area contributed by atoms with E-state index < -0.39 is 11.7 Å². The number of carbonyl (C=O) groups excluding carboxylic acids is 1. The summed E-state index contributed by atoms with van der Waals surface area (Å²) in [6.07, 6.45) is -2.10. The van der Waals surface area contributed by atoms with E-state index in [1.165, 1.54) is 22.5 Å². The van der Waals surface area contributed by atoms with Crippen LogP contribution in [-0.2, 0) is 7.05 Å². The first kappa shape index (κ1) is 16.8. The van der Waals surface area contributed by atoms with Crippen molar-refractivity contribution in [3.63, 3.8) is 0 Å². The first-order valence-corrected chi connectivity index (χ1v) is 7.16. The third-order valence-electron chi connectivity index (χ3n) is 2.84. The molecule has 0 N–H and O–H groups in total. The van der Waals surface area contributed by atoms with Gasteiger partial charge in [0.1, 0.15) is 0 Å². The summed E-state index contributed by atoms with van der Waals surface area (Å²) in [5.41, 5.74) is -0.465. The first-order valence-electron chi connectivity index (χ1n) is 6.11. The molecule has 112 valence electrons. The number of ketones is 1. The third-order valence-corrected chi connectivity index (χ3v) is 3.89. The lowest BCUT2D eigenvalue weighted by molar-refractivity contribution is -0.0903. The molecule has 1 aromatic heterocycles. The second kappa shape index (κ2) is 6.47. The standard InChI is InChI=1S/C13H17F3N2OS/c1-5-20-9(3)11(19)12-17-7-10(18(12)4)6-8(2)13(14,15)16/h6-7,9H,5H2,1-4H3/b8-6+. The van der Waals surface area contributed by atoms with Crippen LogP contribution in [0.25, 0.3) is 6.08 Å². The average Bonchev–Trinajstić information content (AvgIpc) is 2.69. The Bertz CT molecular complexity index is 520. The van der Waals surface area contributed by atoms with Gasteiger partial charge in [0.05, 0.1) is 17.1 Å². The second-order valence-corrected chi connectivity index (χ2v) is 5.97. The van der Waals surface area contributed by atoms with Crippen molar-refractivity contribution in [2.24, 2.45) is 7.05 Å². The Morgan fingerprint density at radius 3 is 2.65 bits per heavy atom. The van der Waals surface area contributed by atoms with Gasteiger partial charge in [0.15, 0.2) is 5.82 Å². The van der Waals surface area contributed by atoms with E-state index in [1.807, 2.05) is 6.92 Å². The van der Waals surface area contributed by atoms with Crippen LogP contribution < -0.4 is 0 Å². The fourth-order valence-electron chi connectivity index (χ4n) is 1.60. The molecule has 0 aliphatic rings. The predicted molar refractivity (Wildman–Crippen MR) is 74.8 cm³/mol. The predicted octanol–water partition coefficient (Wildman–Crippen LogP) is 3.71. The summed E-state index contributed by atoms with van der Waals surface area (Å²) >= 11 is 1.47. The first-order chi connectivity index (χ1) is 9.18. The highest BCUT2D eigenvalue weighted by Crippen LogP contribution is 2.27. The van der Waals surface area contributed by atoms with Gasteiger partial charge in [-0.15, -0.1) is 0 Å². The van der Waals surface area contributed by atoms with Crippen molar-refractivity contribution in [1.29, 1.82) is 0 Å². The maximum Gasteiger partial charge on any atom is 0.412 e. The fourth-order valence-corrected chi connectivity index (χ4v) is 2.35. The number of imidazole rings is 1. The Morgan fingerprint density at radius 1 is 1.55 bits per heavy atom.